The van der Waals surface area contributed by atoms with Crippen molar-refractivity contribution in [1.82, 2.24) is 0 Å². The molecule has 0 aliphatic heterocycles. The van der Waals surface area contributed by atoms with E-state index in [1.807, 2.05) is 30.3 Å². The van der Waals surface area contributed by atoms with Gasteiger partial charge in [-0.1, -0.05) is 48.9 Å². The number of hydrogen-bond donors (Lipinski definition) is 1. The average molecular weight is 322 g/mol. The summed E-state index contributed by atoms with van der Waals surface area (Å²) >= 11 is 0. The lowest BCUT2D eigenvalue weighted by Gasteiger charge is -2.29. The number of para-hydroxylation sites is 1. The standard InChI is InChI=1S/C21H22O3/c22-19-12-6-4-10-16(19)18(15-8-2-1-3-9-15)14-21(24)17-11-5-7-13-20(17)23/h1-3,5,7-9,11,13,16,18,23H,4,6,10,12,14H2. The Bertz CT molecular complexity index is 721. The SMILES string of the molecule is O=C(CC(c1ccccc1)C1CCCCC1=O)c1ccccc1O. The third-order valence-corrected chi connectivity index (χ3v) is 4.93. The maximum atomic E-state index is 12.7. The van der Waals surface area contributed by atoms with E-state index in [9.17, 15) is 14.7 Å². The highest BCUT2D eigenvalue weighted by Crippen LogP contribution is 2.37. The van der Waals surface area contributed by atoms with Crippen molar-refractivity contribution in [2.45, 2.75) is 38.0 Å². The first-order valence-electron chi connectivity index (χ1n) is 8.55. The normalized spacial score (nSPS) is 19.0. The Balaban J connectivity index is 1.89. The molecule has 1 aliphatic rings. The van der Waals surface area contributed by atoms with E-state index in [1.54, 1.807) is 18.2 Å². The first kappa shape index (κ1) is 16.4. The van der Waals surface area contributed by atoms with Crippen LogP contribution in [-0.4, -0.2) is 16.7 Å². The highest BCUT2D eigenvalue weighted by atomic mass is 16.3. The molecule has 0 aromatic heterocycles. The zero-order chi connectivity index (χ0) is 16.9. The minimum atomic E-state index is -0.119. The molecule has 0 bridgehead atoms. The number of ketones is 2. The summed E-state index contributed by atoms with van der Waals surface area (Å²) in [5, 5.41) is 9.94. The van der Waals surface area contributed by atoms with Crippen LogP contribution in [-0.2, 0) is 4.79 Å². The molecule has 24 heavy (non-hydrogen) atoms. The van der Waals surface area contributed by atoms with Gasteiger partial charge in [0.2, 0.25) is 0 Å². The molecule has 2 aromatic rings. The molecule has 2 atom stereocenters. The molecule has 3 heteroatoms. The zero-order valence-electron chi connectivity index (χ0n) is 13.7. The summed E-state index contributed by atoms with van der Waals surface area (Å²) in [6, 6.07) is 16.4. The topological polar surface area (TPSA) is 54.4 Å². The Labute approximate surface area is 142 Å². The molecule has 0 heterocycles. The van der Waals surface area contributed by atoms with Crippen molar-refractivity contribution in [3.05, 3.63) is 65.7 Å². The van der Waals surface area contributed by atoms with Gasteiger partial charge in [-0.05, 0) is 30.5 Å². The highest BCUT2D eigenvalue weighted by Gasteiger charge is 2.33. The van der Waals surface area contributed by atoms with Crippen LogP contribution in [0.3, 0.4) is 0 Å². The van der Waals surface area contributed by atoms with Gasteiger partial charge >= 0.3 is 0 Å². The van der Waals surface area contributed by atoms with E-state index in [0.29, 0.717) is 12.0 Å². The molecule has 0 radical (unpaired) electrons. The van der Waals surface area contributed by atoms with Gasteiger partial charge in [0.15, 0.2) is 5.78 Å². The number of phenolic OH excluding ortho intramolecular Hbond substituents is 1. The van der Waals surface area contributed by atoms with Crippen LogP contribution in [0, 0.1) is 5.92 Å². The van der Waals surface area contributed by atoms with Crippen LogP contribution in [0.1, 0.15) is 53.9 Å². The Morgan fingerprint density at radius 2 is 1.75 bits per heavy atom. The summed E-state index contributed by atoms with van der Waals surface area (Å²) in [4.78, 5) is 25.2. The number of carbonyl (C=O) groups excluding carboxylic acids is 2. The number of rotatable bonds is 5. The van der Waals surface area contributed by atoms with Crippen LogP contribution in [0.5, 0.6) is 5.75 Å². The summed E-state index contributed by atoms with van der Waals surface area (Å²) in [5.74, 6) is -0.0631. The van der Waals surface area contributed by atoms with Crippen molar-refractivity contribution >= 4 is 11.6 Å². The third-order valence-electron chi connectivity index (χ3n) is 4.93. The number of carbonyl (C=O) groups is 2. The summed E-state index contributed by atoms with van der Waals surface area (Å²) in [6.45, 7) is 0. The van der Waals surface area contributed by atoms with E-state index in [4.69, 9.17) is 0 Å². The Kier molecular flexibility index (Phi) is 5.09. The van der Waals surface area contributed by atoms with Gasteiger partial charge in [-0.25, -0.2) is 0 Å². The van der Waals surface area contributed by atoms with Crippen molar-refractivity contribution in [3.63, 3.8) is 0 Å². The molecule has 2 aromatic carbocycles. The summed E-state index contributed by atoms with van der Waals surface area (Å²) in [7, 11) is 0. The van der Waals surface area contributed by atoms with E-state index < -0.39 is 0 Å². The zero-order valence-corrected chi connectivity index (χ0v) is 13.7. The molecule has 1 fully saturated rings. The summed E-state index contributed by atoms with van der Waals surface area (Å²) in [5.41, 5.74) is 1.36. The first-order valence-corrected chi connectivity index (χ1v) is 8.55. The second kappa shape index (κ2) is 7.43. The first-order chi connectivity index (χ1) is 11.7. The maximum Gasteiger partial charge on any atom is 0.167 e. The number of benzene rings is 2. The van der Waals surface area contributed by atoms with E-state index in [2.05, 4.69) is 0 Å². The third kappa shape index (κ3) is 3.56. The van der Waals surface area contributed by atoms with E-state index in [-0.39, 0.29) is 35.6 Å². The number of phenols is 1. The van der Waals surface area contributed by atoms with Gasteiger partial charge in [-0.3, -0.25) is 9.59 Å². The molecule has 1 saturated carbocycles. The van der Waals surface area contributed by atoms with Gasteiger partial charge in [-0.15, -0.1) is 0 Å². The van der Waals surface area contributed by atoms with Crippen molar-refractivity contribution in [3.8, 4) is 5.75 Å². The molecule has 2 unspecified atom stereocenters. The molecule has 124 valence electrons. The summed E-state index contributed by atoms with van der Waals surface area (Å²) in [6.07, 6.45) is 3.68. The number of aromatic hydroxyl groups is 1. The van der Waals surface area contributed by atoms with Gasteiger partial charge in [0.1, 0.15) is 11.5 Å². The maximum absolute atomic E-state index is 12.7. The monoisotopic (exact) mass is 322 g/mol. The Hall–Kier alpha value is -2.42. The largest absolute Gasteiger partial charge is 0.507 e. The smallest absolute Gasteiger partial charge is 0.167 e. The minimum absolute atomic E-state index is 0.00397. The molecule has 3 nitrogen and oxygen atoms in total. The molecule has 3 rings (SSSR count). The van der Waals surface area contributed by atoms with Crippen molar-refractivity contribution < 1.29 is 14.7 Å². The van der Waals surface area contributed by atoms with Gasteiger partial charge < -0.3 is 5.11 Å². The lowest BCUT2D eigenvalue weighted by molar-refractivity contribution is -0.125. The molecular formula is C21H22O3. The lowest BCUT2D eigenvalue weighted by atomic mass is 9.73. The molecule has 1 aliphatic carbocycles. The second-order valence-electron chi connectivity index (χ2n) is 6.48. The van der Waals surface area contributed by atoms with Crippen molar-refractivity contribution in [2.24, 2.45) is 5.92 Å². The van der Waals surface area contributed by atoms with E-state index >= 15 is 0 Å². The number of hydrogen-bond acceptors (Lipinski definition) is 3. The van der Waals surface area contributed by atoms with Crippen LogP contribution in [0.25, 0.3) is 0 Å². The number of Topliss-reactive ketones (excluding diaryl/α,β-unsaturated/α-hetero) is 2. The predicted octanol–water partition coefficient (Wildman–Crippen LogP) is 4.51. The van der Waals surface area contributed by atoms with Crippen molar-refractivity contribution in [2.75, 3.05) is 0 Å². The van der Waals surface area contributed by atoms with Gasteiger partial charge in [0.05, 0.1) is 5.56 Å². The van der Waals surface area contributed by atoms with Crippen LogP contribution < -0.4 is 0 Å². The molecular weight excluding hydrogens is 300 g/mol. The average Bonchev–Trinajstić information content (AvgIpc) is 2.61. The molecule has 0 spiro atoms. The quantitative estimate of drug-likeness (QED) is 0.824. The fraction of sp³-hybridized carbons (Fsp3) is 0.333. The molecule has 0 saturated heterocycles. The van der Waals surface area contributed by atoms with Crippen LogP contribution in [0.15, 0.2) is 54.6 Å². The molecule has 1 N–H and O–H groups in total. The summed E-state index contributed by atoms with van der Waals surface area (Å²) < 4.78 is 0. The van der Waals surface area contributed by atoms with Gasteiger partial charge in [0.25, 0.3) is 0 Å². The molecule has 0 amide bonds. The minimum Gasteiger partial charge on any atom is -0.507 e. The highest BCUT2D eigenvalue weighted by molar-refractivity contribution is 5.99. The van der Waals surface area contributed by atoms with E-state index in [0.717, 1.165) is 24.8 Å². The fourth-order valence-corrected chi connectivity index (χ4v) is 3.65. The Morgan fingerprint density at radius 1 is 1.04 bits per heavy atom. The fourth-order valence-electron chi connectivity index (χ4n) is 3.65. The van der Waals surface area contributed by atoms with Crippen LogP contribution in [0.4, 0.5) is 0 Å². The van der Waals surface area contributed by atoms with Gasteiger partial charge in [0, 0.05) is 24.7 Å². The Morgan fingerprint density at radius 3 is 2.46 bits per heavy atom. The van der Waals surface area contributed by atoms with Crippen molar-refractivity contribution in [1.29, 1.82) is 0 Å². The van der Waals surface area contributed by atoms with Crippen LogP contribution >= 0.6 is 0 Å². The van der Waals surface area contributed by atoms with Gasteiger partial charge in [-0.2, -0.15) is 0 Å². The predicted molar refractivity (Wildman–Crippen MR) is 93.2 cm³/mol. The second-order valence-corrected chi connectivity index (χ2v) is 6.48. The lowest BCUT2D eigenvalue weighted by Crippen LogP contribution is -2.27. The van der Waals surface area contributed by atoms with E-state index in [1.165, 1.54) is 6.07 Å². The van der Waals surface area contributed by atoms with Crippen LogP contribution in [0.2, 0.25) is 0 Å².